The molecule has 0 radical (unpaired) electrons. The van der Waals surface area contributed by atoms with E-state index in [1.807, 2.05) is 73.6 Å². The molecule has 0 bridgehead atoms. The van der Waals surface area contributed by atoms with Gasteiger partial charge in [0.05, 0.1) is 0 Å². The van der Waals surface area contributed by atoms with E-state index in [2.05, 4.69) is 10.6 Å². The third-order valence-electron chi connectivity index (χ3n) is 5.19. The summed E-state index contributed by atoms with van der Waals surface area (Å²) in [5, 5.41) is 5.61. The lowest BCUT2D eigenvalue weighted by Gasteiger charge is -2.44. The summed E-state index contributed by atoms with van der Waals surface area (Å²) in [6.07, 6.45) is -0.973. The molecule has 0 aliphatic rings. The van der Waals surface area contributed by atoms with Crippen LogP contribution in [0.15, 0.2) is 18.2 Å². The van der Waals surface area contributed by atoms with Crippen molar-refractivity contribution < 1.29 is 23.9 Å². The number of aryl methyl sites for hydroxylation is 2. The normalized spacial score (nSPS) is 13.8. The Morgan fingerprint density at radius 3 is 1.84 bits per heavy atom. The quantitative estimate of drug-likeness (QED) is 0.478. The average molecular weight is 519 g/mol. The predicted molar refractivity (Wildman–Crippen MR) is 145 cm³/mol. The number of primary amides is 1. The van der Waals surface area contributed by atoms with Crippen LogP contribution in [0.1, 0.15) is 97.9 Å². The Balaban J connectivity index is 3.68. The standard InChI is InChI=1S/C28H46N4O5/c1-17-14-18(2)16-19(15-17)22(23(34)31-26(3,4)5)32(27(6,7)8)24(35)20(12-13-21(29)33)30-25(36)37-28(9,10)11/h14-16,20,22H,12-13H2,1-11H3,(H2,29,33)(H,30,36)(H,31,34). The number of amides is 4. The Labute approximate surface area is 221 Å². The van der Waals surface area contributed by atoms with Gasteiger partial charge in [0.25, 0.3) is 0 Å². The van der Waals surface area contributed by atoms with Crippen molar-refractivity contribution in [3.63, 3.8) is 0 Å². The lowest BCUT2D eigenvalue weighted by molar-refractivity contribution is -0.149. The van der Waals surface area contributed by atoms with Crippen LogP contribution in [0.4, 0.5) is 4.79 Å². The first-order chi connectivity index (χ1) is 16.6. The number of hydrogen-bond donors (Lipinski definition) is 3. The maximum atomic E-state index is 14.2. The van der Waals surface area contributed by atoms with Gasteiger partial charge in [0, 0.05) is 17.5 Å². The molecule has 9 nitrogen and oxygen atoms in total. The van der Waals surface area contributed by atoms with Crippen LogP contribution < -0.4 is 16.4 Å². The molecule has 208 valence electrons. The molecule has 0 aromatic heterocycles. The molecule has 2 atom stereocenters. The van der Waals surface area contributed by atoms with Crippen molar-refractivity contribution >= 4 is 23.8 Å². The molecule has 2 unspecified atom stereocenters. The van der Waals surface area contributed by atoms with Gasteiger partial charge in [-0.1, -0.05) is 29.3 Å². The summed E-state index contributed by atoms with van der Waals surface area (Å²) in [6, 6.07) is 3.61. The van der Waals surface area contributed by atoms with Gasteiger partial charge in [0.1, 0.15) is 17.7 Å². The molecule has 0 heterocycles. The van der Waals surface area contributed by atoms with Gasteiger partial charge in [-0.05, 0) is 88.1 Å². The lowest BCUT2D eigenvalue weighted by atomic mass is 9.92. The molecule has 9 heteroatoms. The van der Waals surface area contributed by atoms with Gasteiger partial charge >= 0.3 is 6.09 Å². The highest BCUT2D eigenvalue weighted by molar-refractivity contribution is 5.93. The molecule has 0 spiro atoms. The molecule has 1 aromatic rings. The number of nitrogens with zero attached hydrogens (tertiary/aromatic N) is 1. The Morgan fingerprint density at radius 2 is 1.43 bits per heavy atom. The fraction of sp³-hybridized carbons (Fsp3) is 0.643. The van der Waals surface area contributed by atoms with Crippen molar-refractivity contribution in [2.45, 2.75) is 118 Å². The summed E-state index contributed by atoms with van der Waals surface area (Å²) >= 11 is 0. The zero-order valence-electron chi connectivity index (χ0n) is 24.4. The van der Waals surface area contributed by atoms with E-state index in [0.717, 1.165) is 11.1 Å². The number of carbonyl (C=O) groups is 4. The van der Waals surface area contributed by atoms with Gasteiger partial charge in [-0.15, -0.1) is 0 Å². The highest BCUT2D eigenvalue weighted by Crippen LogP contribution is 2.32. The van der Waals surface area contributed by atoms with Crippen LogP contribution in [-0.4, -0.2) is 51.4 Å². The number of nitrogens with one attached hydrogen (secondary N) is 2. The van der Waals surface area contributed by atoms with Gasteiger partial charge in [0.15, 0.2) is 0 Å². The number of rotatable bonds is 8. The minimum atomic E-state index is -1.14. The van der Waals surface area contributed by atoms with E-state index < -0.39 is 46.7 Å². The second-order valence-corrected chi connectivity index (χ2v) is 12.6. The Kier molecular flexibility index (Phi) is 10.3. The third kappa shape index (κ3) is 10.8. The number of ether oxygens (including phenoxy) is 1. The fourth-order valence-electron chi connectivity index (χ4n) is 4.03. The van der Waals surface area contributed by atoms with Crippen molar-refractivity contribution in [1.82, 2.24) is 15.5 Å². The number of hydrogen-bond acceptors (Lipinski definition) is 5. The van der Waals surface area contributed by atoms with E-state index in [1.165, 1.54) is 4.90 Å². The molecule has 0 fully saturated rings. The van der Waals surface area contributed by atoms with Crippen molar-refractivity contribution in [2.75, 3.05) is 0 Å². The molecule has 1 rings (SSSR count). The maximum Gasteiger partial charge on any atom is 0.408 e. The van der Waals surface area contributed by atoms with Crippen molar-refractivity contribution in [3.05, 3.63) is 34.9 Å². The topological polar surface area (TPSA) is 131 Å². The summed E-state index contributed by atoms with van der Waals surface area (Å²) in [6.45, 7) is 20.1. The first kappa shape index (κ1) is 31.9. The molecule has 0 aliphatic heterocycles. The lowest BCUT2D eigenvalue weighted by Crippen LogP contribution is -2.59. The minimum Gasteiger partial charge on any atom is -0.444 e. The molecule has 0 aliphatic carbocycles. The predicted octanol–water partition coefficient (Wildman–Crippen LogP) is 4.05. The smallest absolute Gasteiger partial charge is 0.408 e. The SMILES string of the molecule is Cc1cc(C)cc(C(C(=O)NC(C)(C)C)N(C(=O)C(CCC(N)=O)NC(=O)OC(C)(C)C)C(C)(C)C)c1. The third-order valence-corrected chi connectivity index (χ3v) is 5.19. The number of nitrogens with two attached hydrogens (primary N) is 1. The molecular weight excluding hydrogens is 472 g/mol. The van der Waals surface area contributed by atoms with E-state index in [0.29, 0.717) is 5.56 Å². The van der Waals surface area contributed by atoms with Crippen LogP contribution in [0, 0.1) is 13.8 Å². The van der Waals surface area contributed by atoms with E-state index >= 15 is 0 Å². The number of benzene rings is 1. The monoisotopic (exact) mass is 518 g/mol. The highest BCUT2D eigenvalue weighted by Gasteiger charge is 2.42. The first-order valence-corrected chi connectivity index (χ1v) is 12.6. The molecule has 0 saturated carbocycles. The fourth-order valence-corrected chi connectivity index (χ4v) is 4.03. The largest absolute Gasteiger partial charge is 0.444 e. The zero-order valence-corrected chi connectivity index (χ0v) is 24.4. The van der Waals surface area contributed by atoms with E-state index in [4.69, 9.17) is 10.5 Å². The van der Waals surface area contributed by atoms with Crippen LogP contribution >= 0.6 is 0 Å². The summed E-state index contributed by atoms with van der Waals surface area (Å²) in [7, 11) is 0. The van der Waals surface area contributed by atoms with E-state index in [1.54, 1.807) is 20.8 Å². The summed E-state index contributed by atoms with van der Waals surface area (Å²) < 4.78 is 5.36. The van der Waals surface area contributed by atoms with Gasteiger partial charge in [0.2, 0.25) is 17.7 Å². The van der Waals surface area contributed by atoms with Crippen molar-refractivity contribution in [1.29, 1.82) is 0 Å². The molecular formula is C28H46N4O5. The molecule has 0 saturated heterocycles. The van der Waals surface area contributed by atoms with E-state index in [9.17, 15) is 19.2 Å². The van der Waals surface area contributed by atoms with Crippen LogP contribution in [0.3, 0.4) is 0 Å². The summed E-state index contributed by atoms with van der Waals surface area (Å²) in [4.78, 5) is 53.7. The summed E-state index contributed by atoms with van der Waals surface area (Å²) in [5.41, 5.74) is 5.72. The average Bonchev–Trinajstić information content (AvgIpc) is 2.63. The minimum absolute atomic E-state index is 0.0412. The maximum absolute atomic E-state index is 14.2. The Morgan fingerprint density at radius 1 is 0.919 bits per heavy atom. The van der Waals surface area contributed by atoms with E-state index in [-0.39, 0.29) is 18.7 Å². The van der Waals surface area contributed by atoms with Gasteiger partial charge < -0.3 is 26.0 Å². The molecule has 37 heavy (non-hydrogen) atoms. The number of alkyl carbamates (subject to hydrolysis) is 1. The highest BCUT2D eigenvalue weighted by atomic mass is 16.6. The van der Waals surface area contributed by atoms with Crippen LogP contribution in [0.5, 0.6) is 0 Å². The van der Waals surface area contributed by atoms with Gasteiger partial charge in [-0.2, -0.15) is 0 Å². The van der Waals surface area contributed by atoms with Crippen LogP contribution in [0.2, 0.25) is 0 Å². The van der Waals surface area contributed by atoms with Crippen LogP contribution in [-0.2, 0) is 19.1 Å². The Hall–Kier alpha value is -3.10. The van der Waals surface area contributed by atoms with Crippen LogP contribution in [0.25, 0.3) is 0 Å². The zero-order chi connectivity index (χ0) is 28.9. The molecule has 4 N–H and O–H groups in total. The molecule has 1 aromatic carbocycles. The van der Waals surface area contributed by atoms with Crippen molar-refractivity contribution in [2.24, 2.45) is 5.73 Å². The number of carbonyl (C=O) groups excluding carboxylic acids is 4. The summed E-state index contributed by atoms with van der Waals surface area (Å²) in [5.74, 6) is -1.48. The second-order valence-electron chi connectivity index (χ2n) is 12.6. The van der Waals surface area contributed by atoms with Gasteiger partial charge in [-0.25, -0.2) is 4.79 Å². The second kappa shape index (κ2) is 12.0. The first-order valence-electron chi connectivity index (χ1n) is 12.6. The van der Waals surface area contributed by atoms with Gasteiger partial charge in [-0.3, -0.25) is 14.4 Å². The Bertz CT molecular complexity index is 979. The van der Waals surface area contributed by atoms with Crippen molar-refractivity contribution in [3.8, 4) is 0 Å². The molecule has 4 amide bonds.